The van der Waals surface area contributed by atoms with E-state index in [4.69, 9.17) is 0 Å². The van der Waals surface area contributed by atoms with Crippen molar-refractivity contribution in [2.45, 2.75) is 0 Å². The standard InChI is InChI=1S/3C13H5F5O2.Bi/c3*14-6-3-1-5(2-4-6)7-9(15)11(17)8(13(19)20)12(18)10(7)16;/h3*1-4H,(H,19,20);/q;;;+3/p-3. The van der Waals surface area contributed by atoms with Crippen molar-refractivity contribution in [1.82, 2.24) is 0 Å². The van der Waals surface area contributed by atoms with Gasteiger partial charge in [-0.2, -0.15) is 0 Å². The fourth-order valence-corrected chi connectivity index (χ4v) is 8.52. The van der Waals surface area contributed by atoms with Gasteiger partial charge in [-0.1, -0.05) is 0 Å². The Kier molecular flexibility index (Phi) is 12.5. The molecule has 0 spiro atoms. The average molecular weight is 1070 g/mol. The predicted molar refractivity (Wildman–Crippen MR) is 177 cm³/mol. The van der Waals surface area contributed by atoms with E-state index in [0.717, 1.165) is 0 Å². The topological polar surface area (TPSA) is 78.9 Å². The molecule has 0 unspecified atom stereocenters. The van der Waals surface area contributed by atoms with E-state index in [2.05, 4.69) is 8.44 Å². The van der Waals surface area contributed by atoms with Crippen molar-refractivity contribution in [1.29, 1.82) is 0 Å². The molecule has 0 radical (unpaired) electrons. The first kappa shape index (κ1) is 44.1. The van der Waals surface area contributed by atoms with Gasteiger partial charge in [0, 0.05) is 0 Å². The van der Waals surface area contributed by atoms with Gasteiger partial charge in [0.15, 0.2) is 0 Å². The van der Waals surface area contributed by atoms with E-state index in [1.807, 2.05) is 0 Å². The monoisotopic (exact) mass is 1070 g/mol. The molecule has 61 heavy (non-hydrogen) atoms. The first-order valence-corrected chi connectivity index (χ1v) is 20.3. The van der Waals surface area contributed by atoms with Crippen LogP contribution in [0.4, 0.5) is 65.9 Å². The van der Waals surface area contributed by atoms with Gasteiger partial charge in [-0.15, -0.1) is 0 Å². The third kappa shape index (κ3) is 8.23. The molecule has 314 valence electrons. The zero-order valence-corrected chi connectivity index (χ0v) is 32.5. The summed E-state index contributed by atoms with van der Waals surface area (Å²) >= 11 is -6.67. The van der Waals surface area contributed by atoms with Gasteiger partial charge in [-0.3, -0.25) is 0 Å². The van der Waals surface area contributed by atoms with Gasteiger partial charge < -0.3 is 0 Å². The number of halogens is 15. The summed E-state index contributed by atoms with van der Waals surface area (Å²) in [4.78, 5) is 39.2. The normalized spacial score (nSPS) is 11.2. The number of hydrogen-bond acceptors (Lipinski definition) is 6. The van der Waals surface area contributed by atoms with Crippen molar-refractivity contribution in [2.24, 2.45) is 0 Å². The Morgan fingerprint density at radius 1 is 0.295 bits per heavy atom. The summed E-state index contributed by atoms with van der Waals surface area (Å²) in [6, 6.07) is 7.49. The van der Waals surface area contributed by atoms with Crippen LogP contribution < -0.4 is 0 Å². The zero-order valence-electron chi connectivity index (χ0n) is 29.0. The molecule has 0 aliphatic heterocycles. The number of rotatable bonds is 9. The van der Waals surface area contributed by atoms with Crippen LogP contribution in [0.5, 0.6) is 0 Å². The quantitative estimate of drug-likeness (QED) is 0.0816. The number of hydrogen-bond donors (Lipinski definition) is 0. The summed E-state index contributed by atoms with van der Waals surface area (Å²) in [5, 5.41) is 0. The summed E-state index contributed by atoms with van der Waals surface area (Å²) < 4.78 is 236. The minimum absolute atomic E-state index is 0.604. The first-order chi connectivity index (χ1) is 28.7. The molecule has 0 saturated heterocycles. The molecule has 0 fully saturated rings. The van der Waals surface area contributed by atoms with Crippen LogP contribution in [0.2, 0.25) is 0 Å². The average Bonchev–Trinajstić information content (AvgIpc) is 3.21. The van der Waals surface area contributed by atoms with Crippen LogP contribution in [0.25, 0.3) is 33.4 Å². The second-order valence-electron chi connectivity index (χ2n) is 11.9. The third-order valence-electron chi connectivity index (χ3n) is 8.27. The molecular weight excluding hydrogens is 1060 g/mol. The summed E-state index contributed by atoms with van der Waals surface area (Å²) in [6.07, 6.45) is 0. The van der Waals surface area contributed by atoms with Gasteiger partial charge in [-0.05, 0) is 0 Å². The Balaban J connectivity index is 1.42. The Hall–Kier alpha value is -6.44. The molecule has 6 aromatic carbocycles. The molecule has 0 heterocycles. The molecule has 6 nitrogen and oxygen atoms in total. The van der Waals surface area contributed by atoms with Gasteiger partial charge in [0.2, 0.25) is 0 Å². The Labute approximate surface area is 338 Å². The van der Waals surface area contributed by atoms with Crippen LogP contribution in [0.1, 0.15) is 31.1 Å². The van der Waals surface area contributed by atoms with Crippen molar-refractivity contribution >= 4 is 41.0 Å². The molecule has 0 bridgehead atoms. The van der Waals surface area contributed by atoms with Gasteiger partial charge >= 0.3 is 340 Å². The summed E-state index contributed by atoms with van der Waals surface area (Å²) in [6.45, 7) is 0. The maximum atomic E-state index is 15.3. The molecule has 0 amide bonds. The van der Waals surface area contributed by atoms with Crippen molar-refractivity contribution in [3.8, 4) is 33.4 Å². The van der Waals surface area contributed by atoms with E-state index in [1.54, 1.807) is 0 Å². The molecule has 0 atom stereocenters. The van der Waals surface area contributed by atoms with Crippen LogP contribution in [0.3, 0.4) is 0 Å². The second-order valence-corrected chi connectivity index (χ2v) is 15.8. The number of benzene rings is 6. The fourth-order valence-electron chi connectivity index (χ4n) is 5.44. The van der Waals surface area contributed by atoms with Crippen LogP contribution in [-0.4, -0.2) is 41.0 Å². The van der Waals surface area contributed by atoms with Crippen molar-refractivity contribution in [3.05, 3.63) is 177 Å². The molecular formula is C39H12BiF15O6. The molecule has 6 aromatic rings. The molecule has 0 saturated carbocycles. The van der Waals surface area contributed by atoms with E-state index in [1.165, 1.54) is 0 Å². The predicted octanol–water partition coefficient (Wildman–Crippen LogP) is 10.6. The Morgan fingerprint density at radius 2 is 0.475 bits per heavy atom. The molecule has 0 aromatic heterocycles. The van der Waals surface area contributed by atoms with Gasteiger partial charge in [0.1, 0.15) is 0 Å². The minimum atomic E-state index is -6.67. The molecule has 0 aliphatic rings. The molecule has 22 heteroatoms. The van der Waals surface area contributed by atoms with Gasteiger partial charge in [0.25, 0.3) is 0 Å². The SMILES string of the molecule is O=C([O][Bi]([O]C(=O)c1c(F)c(F)c(-c2ccc(F)cc2)c(F)c1F)[O]C(=O)c1c(F)c(F)c(-c2ccc(F)cc2)c(F)c1F)c1c(F)c(F)c(-c2ccc(F)cc2)c(F)c1F. The van der Waals surface area contributed by atoms with E-state index in [0.29, 0.717) is 72.8 Å². The number of carbonyl (C=O) groups is 3. The van der Waals surface area contributed by atoms with Crippen LogP contribution in [0, 0.1) is 87.3 Å². The summed E-state index contributed by atoms with van der Waals surface area (Å²) in [5.41, 5.74) is -13.9. The van der Waals surface area contributed by atoms with Gasteiger partial charge in [-0.25, -0.2) is 0 Å². The zero-order chi connectivity index (χ0) is 44.8. The maximum absolute atomic E-state index is 15.3. The Morgan fingerprint density at radius 3 is 0.656 bits per heavy atom. The summed E-state index contributed by atoms with van der Waals surface area (Å²) in [7, 11) is 0. The molecule has 6 rings (SSSR count). The van der Waals surface area contributed by atoms with E-state index in [9.17, 15) is 27.6 Å². The van der Waals surface area contributed by atoms with E-state index in [-0.39, 0.29) is 0 Å². The summed E-state index contributed by atoms with van der Waals surface area (Å²) in [5.74, 6) is -40.9. The van der Waals surface area contributed by atoms with Crippen LogP contribution >= 0.6 is 0 Å². The Bertz CT molecular complexity index is 2400. The van der Waals surface area contributed by atoms with Crippen LogP contribution in [0.15, 0.2) is 72.8 Å². The molecule has 0 N–H and O–H groups in total. The fraction of sp³-hybridized carbons (Fsp3) is 0. The first-order valence-electron chi connectivity index (χ1n) is 16.1. The van der Waals surface area contributed by atoms with Gasteiger partial charge in [0.05, 0.1) is 0 Å². The third-order valence-corrected chi connectivity index (χ3v) is 11.9. The van der Waals surface area contributed by atoms with Crippen LogP contribution in [-0.2, 0) is 8.44 Å². The van der Waals surface area contributed by atoms with E-state index < -0.39 is 178 Å². The second kappa shape index (κ2) is 17.3. The van der Waals surface area contributed by atoms with Crippen molar-refractivity contribution in [3.63, 3.8) is 0 Å². The molecule has 0 aliphatic carbocycles. The van der Waals surface area contributed by atoms with Crippen molar-refractivity contribution < 1.29 is 88.7 Å². The van der Waals surface area contributed by atoms with E-state index >= 15 is 52.7 Å². The van der Waals surface area contributed by atoms with Crippen molar-refractivity contribution in [2.75, 3.05) is 0 Å². The number of carbonyl (C=O) groups excluding carboxylic acids is 3.